The molecule has 0 saturated carbocycles. The second-order valence-corrected chi connectivity index (χ2v) is 5.97. The second kappa shape index (κ2) is 8.03. The molecule has 0 heterocycles. The van der Waals surface area contributed by atoms with Crippen LogP contribution in [0.5, 0.6) is 17.2 Å². The SMILES string of the molecule is CCOc1cc(/C=N\NC(=O)c2cc(Br)ccc2O)cc(Cl)c1O. The van der Waals surface area contributed by atoms with Gasteiger partial charge in [-0.2, -0.15) is 5.10 Å². The van der Waals surface area contributed by atoms with E-state index in [2.05, 4.69) is 26.5 Å². The van der Waals surface area contributed by atoms with Crippen LogP contribution in [0.4, 0.5) is 0 Å². The fourth-order valence-corrected chi connectivity index (χ4v) is 2.43. The third kappa shape index (κ3) is 4.39. The number of nitrogens with zero attached hydrogens (tertiary/aromatic N) is 1. The molecular formula is C16H14BrClN2O4. The number of ether oxygens (including phenoxy) is 1. The van der Waals surface area contributed by atoms with E-state index >= 15 is 0 Å². The predicted octanol–water partition coefficient (Wildman–Crippen LogP) is 3.68. The van der Waals surface area contributed by atoms with Gasteiger partial charge in [0.2, 0.25) is 0 Å². The van der Waals surface area contributed by atoms with E-state index in [0.717, 1.165) is 0 Å². The van der Waals surface area contributed by atoms with Crippen molar-refractivity contribution in [2.45, 2.75) is 6.92 Å². The Morgan fingerprint density at radius 1 is 1.38 bits per heavy atom. The van der Waals surface area contributed by atoms with Crippen molar-refractivity contribution in [2.75, 3.05) is 6.61 Å². The Labute approximate surface area is 151 Å². The number of hydrogen-bond donors (Lipinski definition) is 3. The molecule has 0 aliphatic rings. The van der Waals surface area contributed by atoms with E-state index in [1.165, 1.54) is 30.5 Å². The van der Waals surface area contributed by atoms with Gasteiger partial charge in [-0.05, 0) is 42.8 Å². The quantitative estimate of drug-likeness (QED) is 0.515. The summed E-state index contributed by atoms with van der Waals surface area (Å²) in [5.41, 5.74) is 2.92. The van der Waals surface area contributed by atoms with E-state index in [1.807, 2.05) is 0 Å². The van der Waals surface area contributed by atoms with Gasteiger partial charge in [0.05, 0.1) is 23.4 Å². The van der Waals surface area contributed by atoms with Crippen LogP contribution in [0.15, 0.2) is 39.9 Å². The Morgan fingerprint density at radius 3 is 2.83 bits per heavy atom. The molecule has 126 valence electrons. The van der Waals surface area contributed by atoms with Crippen LogP contribution in [0.2, 0.25) is 5.02 Å². The van der Waals surface area contributed by atoms with Gasteiger partial charge in [-0.25, -0.2) is 5.43 Å². The third-order valence-corrected chi connectivity index (χ3v) is 3.71. The minimum absolute atomic E-state index is 0.0836. The highest BCUT2D eigenvalue weighted by atomic mass is 79.9. The molecule has 0 spiro atoms. The van der Waals surface area contributed by atoms with Gasteiger partial charge in [0.15, 0.2) is 11.5 Å². The molecular weight excluding hydrogens is 400 g/mol. The molecule has 6 nitrogen and oxygen atoms in total. The van der Waals surface area contributed by atoms with Gasteiger partial charge in [0.1, 0.15) is 5.75 Å². The lowest BCUT2D eigenvalue weighted by molar-refractivity contribution is 0.0952. The zero-order valence-corrected chi connectivity index (χ0v) is 14.9. The number of benzene rings is 2. The molecule has 2 aromatic rings. The summed E-state index contributed by atoms with van der Waals surface area (Å²) in [5.74, 6) is -0.654. The van der Waals surface area contributed by atoms with Crippen molar-refractivity contribution in [1.29, 1.82) is 0 Å². The number of nitrogens with one attached hydrogen (secondary N) is 1. The van der Waals surface area contributed by atoms with Crippen molar-refractivity contribution in [3.05, 3.63) is 51.0 Å². The van der Waals surface area contributed by atoms with Crippen molar-refractivity contribution in [1.82, 2.24) is 5.43 Å². The van der Waals surface area contributed by atoms with Gasteiger partial charge in [-0.15, -0.1) is 0 Å². The Kier molecular flexibility index (Phi) is 6.05. The van der Waals surface area contributed by atoms with Gasteiger partial charge in [-0.1, -0.05) is 27.5 Å². The number of phenolic OH excluding ortho intramolecular Hbond substituents is 2. The first kappa shape index (κ1) is 18.1. The van der Waals surface area contributed by atoms with E-state index < -0.39 is 5.91 Å². The Hall–Kier alpha value is -2.25. The second-order valence-electron chi connectivity index (χ2n) is 4.64. The van der Waals surface area contributed by atoms with Crippen LogP contribution < -0.4 is 10.2 Å². The summed E-state index contributed by atoms with van der Waals surface area (Å²) in [6.07, 6.45) is 1.35. The highest BCUT2D eigenvalue weighted by Gasteiger charge is 2.11. The topological polar surface area (TPSA) is 91.2 Å². The maximum absolute atomic E-state index is 12.0. The Bertz CT molecular complexity index is 796. The van der Waals surface area contributed by atoms with E-state index in [9.17, 15) is 15.0 Å². The predicted molar refractivity (Wildman–Crippen MR) is 95.2 cm³/mol. The molecule has 0 bridgehead atoms. The van der Waals surface area contributed by atoms with Crippen molar-refractivity contribution in [3.63, 3.8) is 0 Å². The van der Waals surface area contributed by atoms with Crippen LogP contribution in [0.25, 0.3) is 0 Å². The molecule has 0 atom stereocenters. The largest absolute Gasteiger partial charge is 0.507 e. The first-order valence-electron chi connectivity index (χ1n) is 6.89. The smallest absolute Gasteiger partial charge is 0.275 e. The lowest BCUT2D eigenvalue weighted by atomic mass is 10.2. The summed E-state index contributed by atoms with van der Waals surface area (Å²) < 4.78 is 5.92. The number of aromatic hydroxyl groups is 2. The highest BCUT2D eigenvalue weighted by molar-refractivity contribution is 9.10. The molecule has 0 unspecified atom stereocenters. The zero-order chi connectivity index (χ0) is 17.7. The number of halogens is 2. The molecule has 0 aliphatic heterocycles. The van der Waals surface area contributed by atoms with Crippen LogP contribution >= 0.6 is 27.5 Å². The normalized spacial score (nSPS) is 10.8. The van der Waals surface area contributed by atoms with E-state index in [0.29, 0.717) is 16.6 Å². The van der Waals surface area contributed by atoms with Gasteiger partial charge < -0.3 is 14.9 Å². The monoisotopic (exact) mass is 412 g/mol. The van der Waals surface area contributed by atoms with Crippen LogP contribution in [-0.4, -0.2) is 28.9 Å². The molecule has 8 heteroatoms. The fourth-order valence-electron chi connectivity index (χ4n) is 1.85. The minimum Gasteiger partial charge on any atom is -0.507 e. The zero-order valence-electron chi connectivity index (χ0n) is 12.6. The molecule has 24 heavy (non-hydrogen) atoms. The lowest BCUT2D eigenvalue weighted by Crippen LogP contribution is -2.17. The molecule has 0 aliphatic carbocycles. The Balaban J connectivity index is 2.14. The first-order chi connectivity index (χ1) is 11.4. The summed E-state index contributed by atoms with van der Waals surface area (Å²) in [5, 5.41) is 23.4. The maximum atomic E-state index is 12.0. The molecule has 0 fully saturated rings. The standard InChI is InChI=1S/C16H14BrClN2O4/c1-2-24-14-6-9(5-12(18)15(14)22)8-19-20-16(23)11-7-10(17)3-4-13(11)21/h3-8,21-22H,2H2,1H3,(H,20,23)/b19-8-. The van der Waals surface area contributed by atoms with Gasteiger partial charge >= 0.3 is 0 Å². The summed E-state index contributed by atoms with van der Waals surface area (Å²) in [6, 6.07) is 7.51. The van der Waals surface area contributed by atoms with E-state index in [-0.39, 0.29) is 27.8 Å². The van der Waals surface area contributed by atoms with Crippen molar-refractivity contribution in [3.8, 4) is 17.2 Å². The van der Waals surface area contributed by atoms with Crippen LogP contribution in [0, 0.1) is 0 Å². The van der Waals surface area contributed by atoms with E-state index in [1.54, 1.807) is 13.0 Å². The lowest BCUT2D eigenvalue weighted by Gasteiger charge is -2.08. The van der Waals surface area contributed by atoms with Crippen molar-refractivity contribution in [2.24, 2.45) is 5.10 Å². The molecule has 0 aromatic heterocycles. The summed E-state index contributed by atoms with van der Waals surface area (Å²) in [4.78, 5) is 12.0. The Morgan fingerprint density at radius 2 is 2.12 bits per heavy atom. The van der Waals surface area contributed by atoms with Gasteiger partial charge in [-0.3, -0.25) is 4.79 Å². The van der Waals surface area contributed by atoms with Crippen LogP contribution in [-0.2, 0) is 0 Å². The first-order valence-corrected chi connectivity index (χ1v) is 8.06. The van der Waals surface area contributed by atoms with Gasteiger partial charge in [0.25, 0.3) is 5.91 Å². The van der Waals surface area contributed by atoms with Crippen molar-refractivity contribution >= 4 is 39.7 Å². The van der Waals surface area contributed by atoms with Crippen LogP contribution in [0.1, 0.15) is 22.8 Å². The number of hydrazone groups is 1. The van der Waals surface area contributed by atoms with Gasteiger partial charge in [0, 0.05) is 4.47 Å². The molecule has 2 rings (SSSR count). The summed E-state index contributed by atoms with van der Waals surface area (Å²) in [7, 11) is 0. The highest BCUT2D eigenvalue weighted by Crippen LogP contribution is 2.34. The third-order valence-electron chi connectivity index (χ3n) is 2.93. The number of carbonyl (C=O) groups is 1. The maximum Gasteiger partial charge on any atom is 0.275 e. The van der Waals surface area contributed by atoms with Crippen LogP contribution in [0.3, 0.4) is 0 Å². The number of phenols is 2. The number of carbonyl (C=O) groups excluding carboxylic acids is 1. The average Bonchev–Trinajstić information content (AvgIpc) is 2.54. The number of hydrogen-bond acceptors (Lipinski definition) is 5. The molecule has 3 N–H and O–H groups in total. The van der Waals surface area contributed by atoms with E-state index in [4.69, 9.17) is 16.3 Å². The summed E-state index contributed by atoms with van der Waals surface area (Å²) in [6.45, 7) is 2.14. The number of rotatable bonds is 5. The van der Waals surface area contributed by atoms with Crippen molar-refractivity contribution < 1.29 is 19.7 Å². The minimum atomic E-state index is -0.569. The molecule has 0 radical (unpaired) electrons. The molecule has 0 saturated heterocycles. The average molecular weight is 414 g/mol. The fraction of sp³-hybridized carbons (Fsp3) is 0.125. The number of amides is 1. The summed E-state index contributed by atoms with van der Waals surface area (Å²) >= 11 is 9.14. The molecule has 2 aromatic carbocycles. The molecule has 1 amide bonds.